The Kier molecular flexibility index (Phi) is 3.72. The first-order valence-electron chi connectivity index (χ1n) is 5.11. The molecule has 1 aromatic carbocycles. The van der Waals surface area contributed by atoms with E-state index in [-0.39, 0.29) is 11.6 Å². The Morgan fingerprint density at radius 2 is 2.12 bits per heavy atom. The second-order valence-corrected chi connectivity index (χ2v) is 3.82. The molecule has 2 aromatic rings. The molecule has 0 radical (unpaired) electrons. The smallest absolute Gasteiger partial charge is 0.277 e. The average Bonchev–Trinajstić information content (AvgIpc) is 2.86. The summed E-state index contributed by atoms with van der Waals surface area (Å²) < 4.78 is 0. The minimum Gasteiger partial charge on any atom is -0.321 e. The summed E-state index contributed by atoms with van der Waals surface area (Å²) in [5.41, 5.74) is 2.12. The average molecular weight is 251 g/mol. The van der Waals surface area contributed by atoms with Crippen molar-refractivity contribution >= 4 is 23.2 Å². The summed E-state index contributed by atoms with van der Waals surface area (Å²) in [6.07, 6.45) is 2.19. The third kappa shape index (κ3) is 3.04. The first-order chi connectivity index (χ1) is 8.29. The van der Waals surface area contributed by atoms with Crippen LogP contribution in [0.2, 0.25) is 0 Å². The van der Waals surface area contributed by atoms with Crippen LogP contribution in [-0.4, -0.2) is 27.2 Å². The molecule has 0 saturated heterocycles. The normalized spacial score (nSPS) is 10.2. The van der Waals surface area contributed by atoms with Gasteiger partial charge in [-0.05, 0) is 24.1 Å². The molecule has 0 unspecified atom stereocenters. The lowest BCUT2D eigenvalue weighted by Gasteiger charge is -2.04. The van der Waals surface area contributed by atoms with Gasteiger partial charge in [0.05, 0.1) is 6.20 Å². The molecule has 1 amide bonds. The molecule has 88 valence electrons. The van der Waals surface area contributed by atoms with Crippen molar-refractivity contribution in [3.63, 3.8) is 0 Å². The Bertz CT molecular complexity index is 481. The number of anilines is 1. The molecule has 0 aliphatic rings. The van der Waals surface area contributed by atoms with E-state index in [9.17, 15) is 4.79 Å². The number of nitrogens with zero attached hydrogens (tertiary/aromatic N) is 2. The van der Waals surface area contributed by atoms with Crippen molar-refractivity contribution in [3.05, 3.63) is 41.7 Å². The molecular weight excluding hydrogens is 240 g/mol. The summed E-state index contributed by atoms with van der Waals surface area (Å²) in [7, 11) is 0. The van der Waals surface area contributed by atoms with Gasteiger partial charge in [-0.2, -0.15) is 15.4 Å². The largest absolute Gasteiger partial charge is 0.321 e. The highest BCUT2D eigenvalue weighted by molar-refractivity contribution is 6.18. The lowest BCUT2D eigenvalue weighted by atomic mass is 10.1. The maximum atomic E-state index is 11.6. The number of H-pyrrole nitrogens is 1. The standard InChI is InChI=1S/C11H11ClN4O/c12-6-5-8-1-3-9(4-2-8)14-11(17)10-7-13-16-15-10/h1-4,7H,5-6H2,(H,14,17)(H,13,15,16). The molecular formula is C11H11ClN4O. The van der Waals surface area contributed by atoms with Gasteiger partial charge in [-0.15, -0.1) is 11.6 Å². The van der Waals surface area contributed by atoms with E-state index in [1.165, 1.54) is 6.20 Å². The zero-order valence-corrected chi connectivity index (χ0v) is 9.74. The number of hydrogen-bond acceptors (Lipinski definition) is 3. The number of aromatic amines is 1. The fourth-order valence-electron chi connectivity index (χ4n) is 1.37. The van der Waals surface area contributed by atoms with Crippen molar-refractivity contribution in [3.8, 4) is 0 Å². The van der Waals surface area contributed by atoms with Crippen LogP contribution in [0, 0.1) is 0 Å². The van der Waals surface area contributed by atoms with E-state index >= 15 is 0 Å². The zero-order chi connectivity index (χ0) is 12.1. The topological polar surface area (TPSA) is 70.7 Å². The Morgan fingerprint density at radius 3 is 2.71 bits per heavy atom. The Labute approximate surface area is 103 Å². The van der Waals surface area contributed by atoms with Crippen molar-refractivity contribution < 1.29 is 4.79 Å². The summed E-state index contributed by atoms with van der Waals surface area (Å²) in [6.45, 7) is 0. The van der Waals surface area contributed by atoms with Crippen molar-refractivity contribution in [2.24, 2.45) is 0 Å². The predicted molar refractivity (Wildman–Crippen MR) is 65.2 cm³/mol. The van der Waals surface area contributed by atoms with Crippen LogP contribution in [0.4, 0.5) is 5.69 Å². The third-order valence-electron chi connectivity index (χ3n) is 2.24. The number of carbonyl (C=O) groups is 1. The third-order valence-corrected chi connectivity index (χ3v) is 2.43. The maximum Gasteiger partial charge on any atom is 0.277 e. The number of hydrogen-bond donors (Lipinski definition) is 2. The van der Waals surface area contributed by atoms with Gasteiger partial charge in [-0.1, -0.05) is 12.1 Å². The van der Waals surface area contributed by atoms with Crippen LogP contribution in [0.25, 0.3) is 0 Å². The maximum absolute atomic E-state index is 11.6. The number of nitrogens with one attached hydrogen (secondary N) is 2. The number of rotatable bonds is 4. The SMILES string of the molecule is O=C(Nc1ccc(CCCl)cc1)c1cn[nH]n1. The van der Waals surface area contributed by atoms with E-state index in [4.69, 9.17) is 11.6 Å². The first-order valence-corrected chi connectivity index (χ1v) is 5.65. The molecule has 2 N–H and O–H groups in total. The van der Waals surface area contributed by atoms with Gasteiger partial charge in [0.1, 0.15) is 0 Å². The Hall–Kier alpha value is -1.88. The van der Waals surface area contributed by atoms with E-state index in [1.54, 1.807) is 0 Å². The molecule has 0 bridgehead atoms. The summed E-state index contributed by atoms with van der Waals surface area (Å²) >= 11 is 5.64. The van der Waals surface area contributed by atoms with Crippen LogP contribution >= 0.6 is 11.6 Å². The molecule has 0 saturated carbocycles. The lowest BCUT2D eigenvalue weighted by Crippen LogP contribution is -2.12. The van der Waals surface area contributed by atoms with Crippen LogP contribution in [0.3, 0.4) is 0 Å². The van der Waals surface area contributed by atoms with Crippen LogP contribution in [0.1, 0.15) is 16.1 Å². The second kappa shape index (κ2) is 5.45. The fraction of sp³-hybridized carbons (Fsp3) is 0.182. The number of carbonyl (C=O) groups excluding carboxylic acids is 1. The van der Waals surface area contributed by atoms with Gasteiger partial charge in [-0.25, -0.2) is 0 Å². The summed E-state index contributed by atoms with van der Waals surface area (Å²) in [5, 5.41) is 12.4. The van der Waals surface area contributed by atoms with Gasteiger partial charge in [0.15, 0.2) is 5.69 Å². The van der Waals surface area contributed by atoms with Crippen molar-refractivity contribution in [1.82, 2.24) is 15.4 Å². The second-order valence-electron chi connectivity index (χ2n) is 3.45. The minimum atomic E-state index is -0.288. The molecule has 1 aromatic heterocycles. The summed E-state index contributed by atoms with van der Waals surface area (Å²) in [4.78, 5) is 11.6. The highest BCUT2D eigenvalue weighted by Crippen LogP contribution is 2.11. The van der Waals surface area contributed by atoms with Crippen LogP contribution in [-0.2, 0) is 6.42 Å². The van der Waals surface area contributed by atoms with E-state index in [0.717, 1.165) is 17.7 Å². The molecule has 0 aliphatic heterocycles. The number of aryl methyl sites for hydroxylation is 1. The number of halogens is 1. The molecule has 5 nitrogen and oxygen atoms in total. The van der Waals surface area contributed by atoms with Gasteiger partial charge < -0.3 is 5.32 Å². The molecule has 17 heavy (non-hydrogen) atoms. The predicted octanol–water partition coefficient (Wildman–Crippen LogP) is 1.84. The lowest BCUT2D eigenvalue weighted by molar-refractivity contribution is 0.102. The number of alkyl halides is 1. The summed E-state index contributed by atoms with van der Waals surface area (Å²) in [5.74, 6) is 0.300. The molecule has 2 rings (SSSR count). The summed E-state index contributed by atoms with van der Waals surface area (Å²) in [6, 6.07) is 7.53. The highest BCUT2D eigenvalue weighted by atomic mass is 35.5. The molecule has 6 heteroatoms. The molecule has 0 aliphatic carbocycles. The van der Waals surface area contributed by atoms with Crippen molar-refractivity contribution in [2.45, 2.75) is 6.42 Å². The number of aromatic nitrogens is 3. The van der Waals surface area contributed by atoms with E-state index in [1.807, 2.05) is 24.3 Å². The number of benzene rings is 1. The molecule has 1 heterocycles. The Balaban J connectivity index is 2.01. The monoisotopic (exact) mass is 250 g/mol. The van der Waals surface area contributed by atoms with Crippen molar-refractivity contribution in [1.29, 1.82) is 0 Å². The van der Waals surface area contributed by atoms with Crippen LogP contribution < -0.4 is 5.32 Å². The zero-order valence-electron chi connectivity index (χ0n) is 8.98. The van der Waals surface area contributed by atoms with Crippen LogP contribution in [0.5, 0.6) is 0 Å². The minimum absolute atomic E-state index is 0.259. The van der Waals surface area contributed by atoms with Gasteiger partial charge in [0, 0.05) is 11.6 Å². The van der Waals surface area contributed by atoms with Gasteiger partial charge in [0.25, 0.3) is 5.91 Å². The first kappa shape index (κ1) is 11.6. The Morgan fingerprint density at radius 1 is 1.35 bits per heavy atom. The van der Waals surface area contributed by atoms with Crippen molar-refractivity contribution in [2.75, 3.05) is 11.2 Å². The van der Waals surface area contributed by atoms with Crippen LogP contribution in [0.15, 0.2) is 30.5 Å². The fourth-order valence-corrected chi connectivity index (χ4v) is 1.59. The van der Waals surface area contributed by atoms with Gasteiger partial charge >= 0.3 is 0 Å². The quantitative estimate of drug-likeness (QED) is 0.814. The van der Waals surface area contributed by atoms with E-state index < -0.39 is 0 Å². The molecule has 0 fully saturated rings. The number of amides is 1. The van der Waals surface area contributed by atoms with Gasteiger partial charge in [-0.3, -0.25) is 4.79 Å². The van der Waals surface area contributed by atoms with E-state index in [0.29, 0.717) is 5.88 Å². The van der Waals surface area contributed by atoms with Gasteiger partial charge in [0.2, 0.25) is 0 Å². The molecule has 0 spiro atoms. The van der Waals surface area contributed by atoms with E-state index in [2.05, 4.69) is 20.7 Å². The highest BCUT2D eigenvalue weighted by Gasteiger charge is 2.08. The molecule has 0 atom stereocenters.